The number of piperidine rings is 2. The Balaban J connectivity index is 1.19. The largest absolute Gasteiger partial charge is 0.444 e. The molecule has 208 valence electrons. The van der Waals surface area contributed by atoms with Crippen molar-refractivity contribution in [2.24, 2.45) is 0 Å². The van der Waals surface area contributed by atoms with Gasteiger partial charge in [-0.05, 0) is 52.2 Å². The van der Waals surface area contributed by atoms with E-state index in [1.807, 2.05) is 31.5 Å². The molecule has 12 heteroatoms. The first kappa shape index (κ1) is 25.8. The van der Waals surface area contributed by atoms with Gasteiger partial charge in [-0.25, -0.2) is 9.78 Å². The van der Waals surface area contributed by atoms with E-state index < -0.39 is 17.6 Å². The summed E-state index contributed by atoms with van der Waals surface area (Å²) in [6.45, 7) is 6.71. The standard InChI is InChI=1S/C28H30N6O6/c1-28(2,3)40-27(38)32-11-9-16(10-12-32)33-15-17(13-30-33)39-25-18-5-4-6-19-23(18)21(14-29-25)34(26(19)37)20-7-8-22(35)31-24(20)36/h4-6,13-16,20H,7-12H2,1-3H3,(H,31,35,36). The smallest absolute Gasteiger partial charge is 0.410 e. The number of anilines is 1. The van der Waals surface area contributed by atoms with Crippen LogP contribution in [0.15, 0.2) is 36.8 Å². The summed E-state index contributed by atoms with van der Waals surface area (Å²) >= 11 is 0. The van der Waals surface area contributed by atoms with Gasteiger partial charge < -0.3 is 14.4 Å². The zero-order chi connectivity index (χ0) is 28.2. The number of aromatic nitrogens is 3. The molecule has 0 radical (unpaired) electrons. The van der Waals surface area contributed by atoms with Gasteiger partial charge in [0, 0.05) is 30.3 Å². The number of hydrogen-bond donors (Lipinski definition) is 1. The number of nitrogens with zero attached hydrogens (tertiary/aromatic N) is 5. The molecule has 2 saturated heterocycles. The van der Waals surface area contributed by atoms with Crippen molar-refractivity contribution in [1.29, 1.82) is 0 Å². The third kappa shape index (κ3) is 4.63. The van der Waals surface area contributed by atoms with Crippen molar-refractivity contribution in [2.75, 3.05) is 18.0 Å². The SMILES string of the molecule is CC(C)(C)OC(=O)N1CCC(n2cc(Oc3ncc4c5c(cccc35)C(=O)N4C3CCC(=O)NC3=O)cn2)CC1. The molecule has 40 heavy (non-hydrogen) atoms. The van der Waals surface area contributed by atoms with E-state index in [-0.39, 0.29) is 36.8 Å². The number of amides is 4. The van der Waals surface area contributed by atoms with E-state index in [0.29, 0.717) is 46.7 Å². The predicted molar refractivity (Wildman–Crippen MR) is 143 cm³/mol. The van der Waals surface area contributed by atoms with E-state index >= 15 is 0 Å². The van der Waals surface area contributed by atoms with E-state index in [4.69, 9.17) is 9.47 Å². The number of imide groups is 1. The summed E-state index contributed by atoms with van der Waals surface area (Å²) in [7, 11) is 0. The van der Waals surface area contributed by atoms with Gasteiger partial charge in [-0.3, -0.25) is 29.3 Å². The lowest BCUT2D eigenvalue weighted by Gasteiger charge is -2.33. The number of pyridine rings is 1. The molecule has 0 saturated carbocycles. The van der Waals surface area contributed by atoms with Crippen LogP contribution in [-0.2, 0) is 14.3 Å². The second-order valence-electron chi connectivity index (χ2n) is 11.3. The lowest BCUT2D eigenvalue weighted by atomic mass is 10.0. The Morgan fingerprint density at radius 1 is 1.07 bits per heavy atom. The minimum Gasteiger partial charge on any atom is -0.444 e. The zero-order valence-corrected chi connectivity index (χ0v) is 22.5. The lowest BCUT2D eigenvalue weighted by Crippen LogP contribution is -2.53. The van der Waals surface area contributed by atoms with Gasteiger partial charge in [-0.2, -0.15) is 5.10 Å². The first-order valence-electron chi connectivity index (χ1n) is 13.4. The molecule has 0 aliphatic carbocycles. The van der Waals surface area contributed by atoms with Crippen LogP contribution in [0.5, 0.6) is 11.6 Å². The van der Waals surface area contributed by atoms with E-state index in [2.05, 4.69) is 15.4 Å². The number of ether oxygens (including phenoxy) is 2. The summed E-state index contributed by atoms with van der Waals surface area (Å²) in [4.78, 5) is 57.5. The fourth-order valence-corrected chi connectivity index (χ4v) is 5.50. The Morgan fingerprint density at radius 2 is 1.85 bits per heavy atom. The van der Waals surface area contributed by atoms with Gasteiger partial charge in [0.05, 0.1) is 35.9 Å². The maximum Gasteiger partial charge on any atom is 0.410 e. The number of nitrogens with one attached hydrogen (secondary N) is 1. The molecule has 3 aliphatic heterocycles. The fourth-order valence-electron chi connectivity index (χ4n) is 5.50. The van der Waals surface area contributed by atoms with Gasteiger partial charge in [-0.1, -0.05) is 6.07 Å². The molecular formula is C28H30N6O6. The van der Waals surface area contributed by atoms with Gasteiger partial charge in [0.2, 0.25) is 17.7 Å². The number of carbonyl (C=O) groups is 4. The maximum absolute atomic E-state index is 13.3. The molecule has 5 heterocycles. The van der Waals surface area contributed by atoms with Crippen LogP contribution in [0.2, 0.25) is 0 Å². The van der Waals surface area contributed by atoms with E-state index in [1.54, 1.807) is 29.4 Å². The van der Waals surface area contributed by atoms with E-state index in [0.717, 1.165) is 12.8 Å². The first-order valence-corrected chi connectivity index (χ1v) is 13.4. The lowest BCUT2D eigenvalue weighted by molar-refractivity contribution is -0.134. The highest BCUT2D eigenvalue weighted by molar-refractivity contribution is 6.27. The second kappa shape index (κ2) is 9.61. The monoisotopic (exact) mass is 546 g/mol. The average molecular weight is 547 g/mol. The van der Waals surface area contributed by atoms with Crippen LogP contribution in [0.4, 0.5) is 10.5 Å². The van der Waals surface area contributed by atoms with Gasteiger partial charge in [-0.15, -0.1) is 0 Å². The summed E-state index contributed by atoms with van der Waals surface area (Å²) in [5.74, 6) is -0.326. The third-order valence-electron chi connectivity index (χ3n) is 7.37. The molecule has 0 bridgehead atoms. The van der Waals surface area contributed by atoms with Crippen molar-refractivity contribution < 1.29 is 28.7 Å². The van der Waals surface area contributed by atoms with E-state index in [9.17, 15) is 19.2 Å². The number of carbonyl (C=O) groups excluding carboxylic acids is 4. The molecule has 3 aromatic rings. The Hall–Kier alpha value is -4.48. The van der Waals surface area contributed by atoms with Gasteiger partial charge in [0.15, 0.2) is 5.75 Å². The predicted octanol–water partition coefficient (Wildman–Crippen LogP) is 3.56. The summed E-state index contributed by atoms with van der Waals surface area (Å²) in [6.07, 6.45) is 6.54. The van der Waals surface area contributed by atoms with Crippen LogP contribution in [0, 0.1) is 0 Å². The molecule has 1 N–H and O–H groups in total. The first-order chi connectivity index (χ1) is 19.1. The summed E-state index contributed by atoms with van der Waals surface area (Å²) in [5, 5.41) is 8.10. The molecule has 2 aromatic heterocycles. The normalized spacial score (nSPS) is 19.8. The molecule has 3 aliphatic rings. The quantitative estimate of drug-likeness (QED) is 0.491. The number of hydrogen-bond acceptors (Lipinski definition) is 8. The fraction of sp³-hybridized carbons (Fsp3) is 0.429. The third-order valence-corrected chi connectivity index (χ3v) is 7.37. The summed E-state index contributed by atoms with van der Waals surface area (Å²) in [6, 6.07) is 4.61. The molecule has 2 fully saturated rings. The number of rotatable bonds is 4. The molecular weight excluding hydrogens is 516 g/mol. The molecule has 0 spiro atoms. The van der Waals surface area contributed by atoms with Crippen molar-refractivity contribution in [3.63, 3.8) is 0 Å². The van der Waals surface area contributed by atoms with Crippen LogP contribution >= 0.6 is 0 Å². The minimum atomic E-state index is -0.783. The molecule has 4 amide bonds. The summed E-state index contributed by atoms with van der Waals surface area (Å²) < 4.78 is 13.5. The van der Waals surface area contributed by atoms with Gasteiger partial charge in [0.25, 0.3) is 5.91 Å². The Morgan fingerprint density at radius 3 is 2.58 bits per heavy atom. The summed E-state index contributed by atoms with van der Waals surface area (Å²) in [5.41, 5.74) is 0.441. The maximum atomic E-state index is 13.3. The van der Waals surface area contributed by atoms with Crippen molar-refractivity contribution in [3.05, 3.63) is 42.4 Å². The highest BCUT2D eigenvalue weighted by Gasteiger charge is 2.41. The van der Waals surface area contributed by atoms with Crippen LogP contribution in [-0.4, -0.2) is 68.2 Å². The number of benzene rings is 1. The zero-order valence-electron chi connectivity index (χ0n) is 22.5. The highest BCUT2D eigenvalue weighted by atomic mass is 16.6. The van der Waals surface area contributed by atoms with Crippen LogP contribution in [0.3, 0.4) is 0 Å². The van der Waals surface area contributed by atoms with Crippen molar-refractivity contribution in [3.8, 4) is 11.6 Å². The molecule has 1 aromatic carbocycles. The average Bonchev–Trinajstić information content (AvgIpc) is 3.49. The van der Waals surface area contributed by atoms with Crippen molar-refractivity contribution in [2.45, 2.75) is 64.1 Å². The van der Waals surface area contributed by atoms with Gasteiger partial charge in [0.1, 0.15) is 11.6 Å². The highest BCUT2D eigenvalue weighted by Crippen LogP contribution is 2.42. The molecule has 1 atom stereocenters. The van der Waals surface area contributed by atoms with Gasteiger partial charge >= 0.3 is 6.09 Å². The molecule has 6 rings (SSSR count). The topological polar surface area (TPSA) is 136 Å². The molecule has 1 unspecified atom stereocenters. The van der Waals surface area contributed by atoms with Crippen molar-refractivity contribution >= 4 is 40.3 Å². The molecule has 12 nitrogen and oxygen atoms in total. The number of likely N-dealkylation sites (tertiary alicyclic amines) is 1. The van der Waals surface area contributed by atoms with Crippen molar-refractivity contribution in [1.82, 2.24) is 25.0 Å². The van der Waals surface area contributed by atoms with Crippen LogP contribution in [0.1, 0.15) is 62.9 Å². The van der Waals surface area contributed by atoms with Crippen LogP contribution < -0.4 is 15.0 Å². The van der Waals surface area contributed by atoms with E-state index in [1.165, 1.54) is 11.1 Å². The van der Waals surface area contributed by atoms with Crippen LogP contribution in [0.25, 0.3) is 10.8 Å². The Kier molecular flexibility index (Phi) is 6.20. The Labute approximate surface area is 230 Å². The minimum absolute atomic E-state index is 0.108. The Bertz CT molecular complexity index is 1530. The second-order valence-corrected chi connectivity index (χ2v) is 11.3.